The lowest BCUT2D eigenvalue weighted by Gasteiger charge is -2.34. The number of rotatable bonds is 5. The molecule has 0 radical (unpaired) electrons. The lowest BCUT2D eigenvalue weighted by atomic mass is 10.0. The van der Waals surface area contributed by atoms with Gasteiger partial charge in [0.05, 0.1) is 12.6 Å². The summed E-state index contributed by atoms with van der Waals surface area (Å²) in [6, 6.07) is 9.29. The van der Waals surface area contributed by atoms with E-state index < -0.39 is 0 Å². The van der Waals surface area contributed by atoms with E-state index in [-0.39, 0.29) is 11.8 Å². The second-order valence-electron chi connectivity index (χ2n) is 8.12. The highest BCUT2D eigenvalue weighted by atomic mass is 16.5. The smallest absolute Gasteiger partial charge is 0.272 e. The van der Waals surface area contributed by atoms with E-state index in [0.29, 0.717) is 38.3 Å². The Kier molecular flexibility index (Phi) is 5.97. The molecule has 29 heavy (non-hydrogen) atoms. The molecule has 2 aromatic rings. The van der Waals surface area contributed by atoms with Crippen LogP contribution in [-0.4, -0.2) is 59.9 Å². The topological polar surface area (TPSA) is 62.7 Å². The Morgan fingerprint density at radius 3 is 2.48 bits per heavy atom. The molecule has 4 rings (SSSR count). The first-order valence-electron chi connectivity index (χ1n) is 10.7. The molecule has 1 aromatic carbocycles. The fraction of sp³-hybridized carbons (Fsp3) is 0.522. The first-order valence-corrected chi connectivity index (χ1v) is 10.7. The highest BCUT2D eigenvalue weighted by Crippen LogP contribution is 2.28. The summed E-state index contributed by atoms with van der Waals surface area (Å²) >= 11 is 0. The SMILES string of the molecule is COc1ccc2nc(C(=O)N3CCN(C(=O)CCC4CCCC4)CC3)ccc2c1. The second-order valence-corrected chi connectivity index (χ2v) is 8.12. The zero-order valence-corrected chi connectivity index (χ0v) is 17.1. The van der Waals surface area contributed by atoms with Gasteiger partial charge in [0.2, 0.25) is 5.91 Å². The molecule has 0 bridgehead atoms. The van der Waals surface area contributed by atoms with Gasteiger partial charge in [0.1, 0.15) is 11.4 Å². The third-order valence-electron chi connectivity index (χ3n) is 6.28. The maximum Gasteiger partial charge on any atom is 0.272 e. The molecular formula is C23H29N3O3. The Morgan fingerprint density at radius 2 is 1.76 bits per heavy atom. The number of hydrogen-bond acceptors (Lipinski definition) is 4. The Hall–Kier alpha value is -2.63. The maximum atomic E-state index is 12.9. The highest BCUT2D eigenvalue weighted by molar-refractivity contribution is 5.95. The zero-order chi connectivity index (χ0) is 20.2. The minimum absolute atomic E-state index is 0.0687. The van der Waals surface area contributed by atoms with Gasteiger partial charge in [-0.25, -0.2) is 4.98 Å². The van der Waals surface area contributed by atoms with Crippen LogP contribution in [0.15, 0.2) is 30.3 Å². The van der Waals surface area contributed by atoms with Gasteiger partial charge in [-0.1, -0.05) is 31.7 Å². The lowest BCUT2D eigenvalue weighted by molar-refractivity contribution is -0.133. The Morgan fingerprint density at radius 1 is 1.03 bits per heavy atom. The monoisotopic (exact) mass is 395 g/mol. The predicted molar refractivity (Wildman–Crippen MR) is 112 cm³/mol. The molecule has 2 heterocycles. The maximum absolute atomic E-state index is 12.9. The molecule has 0 spiro atoms. The van der Waals surface area contributed by atoms with Crippen molar-refractivity contribution >= 4 is 22.7 Å². The number of piperazine rings is 1. The summed E-state index contributed by atoms with van der Waals surface area (Å²) in [5, 5.41) is 0.943. The molecule has 6 nitrogen and oxygen atoms in total. The van der Waals surface area contributed by atoms with Gasteiger partial charge in [-0.05, 0) is 36.6 Å². The highest BCUT2D eigenvalue weighted by Gasteiger charge is 2.26. The summed E-state index contributed by atoms with van der Waals surface area (Å²) in [5.74, 6) is 1.68. The van der Waals surface area contributed by atoms with Crippen molar-refractivity contribution in [2.45, 2.75) is 38.5 Å². The minimum atomic E-state index is -0.0687. The number of hydrogen-bond donors (Lipinski definition) is 0. The van der Waals surface area contributed by atoms with Crippen LogP contribution in [0.2, 0.25) is 0 Å². The fourth-order valence-electron chi connectivity index (χ4n) is 4.46. The Bertz CT molecular complexity index is 884. The third kappa shape index (κ3) is 4.52. The van der Waals surface area contributed by atoms with Crippen LogP contribution in [0, 0.1) is 5.92 Å². The van der Waals surface area contributed by atoms with E-state index in [0.717, 1.165) is 29.0 Å². The zero-order valence-electron chi connectivity index (χ0n) is 17.1. The summed E-state index contributed by atoms with van der Waals surface area (Å²) < 4.78 is 5.24. The number of benzene rings is 1. The van der Waals surface area contributed by atoms with Crippen molar-refractivity contribution in [1.29, 1.82) is 0 Å². The van der Waals surface area contributed by atoms with E-state index >= 15 is 0 Å². The molecule has 154 valence electrons. The molecule has 1 aliphatic carbocycles. The number of amides is 2. The van der Waals surface area contributed by atoms with Crippen LogP contribution in [0.1, 0.15) is 49.0 Å². The van der Waals surface area contributed by atoms with Crippen LogP contribution < -0.4 is 4.74 Å². The number of fused-ring (bicyclic) bond motifs is 1. The molecule has 1 saturated heterocycles. The van der Waals surface area contributed by atoms with E-state index in [1.165, 1.54) is 25.7 Å². The van der Waals surface area contributed by atoms with Crippen molar-refractivity contribution in [1.82, 2.24) is 14.8 Å². The van der Waals surface area contributed by atoms with Crippen molar-refractivity contribution in [3.63, 3.8) is 0 Å². The van der Waals surface area contributed by atoms with Crippen LogP contribution in [0.25, 0.3) is 10.9 Å². The molecular weight excluding hydrogens is 366 g/mol. The first kappa shape index (κ1) is 19.7. The van der Waals surface area contributed by atoms with Gasteiger partial charge in [-0.15, -0.1) is 0 Å². The third-order valence-corrected chi connectivity index (χ3v) is 6.28. The molecule has 1 aliphatic heterocycles. The quantitative estimate of drug-likeness (QED) is 0.777. The lowest BCUT2D eigenvalue weighted by Crippen LogP contribution is -2.50. The number of aromatic nitrogens is 1. The van der Waals surface area contributed by atoms with Crippen LogP contribution >= 0.6 is 0 Å². The Balaban J connectivity index is 1.32. The number of nitrogens with zero attached hydrogens (tertiary/aromatic N) is 3. The van der Waals surface area contributed by atoms with Crippen molar-refractivity contribution < 1.29 is 14.3 Å². The number of carbonyl (C=O) groups is 2. The molecule has 2 aliphatic rings. The van der Waals surface area contributed by atoms with Crippen molar-refractivity contribution in [2.24, 2.45) is 5.92 Å². The van der Waals surface area contributed by atoms with E-state index in [4.69, 9.17) is 4.74 Å². The summed E-state index contributed by atoms with van der Waals surface area (Å²) in [7, 11) is 1.63. The van der Waals surface area contributed by atoms with Gasteiger partial charge in [-0.2, -0.15) is 0 Å². The molecule has 1 aromatic heterocycles. The average molecular weight is 396 g/mol. The van der Waals surface area contributed by atoms with Crippen molar-refractivity contribution in [3.05, 3.63) is 36.0 Å². The molecule has 0 unspecified atom stereocenters. The van der Waals surface area contributed by atoms with Gasteiger partial charge in [-0.3, -0.25) is 9.59 Å². The van der Waals surface area contributed by atoms with Crippen LogP contribution in [-0.2, 0) is 4.79 Å². The molecule has 0 N–H and O–H groups in total. The predicted octanol–water partition coefficient (Wildman–Crippen LogP) is 3.50. The van der Waals surface area contributed by atoms with Gasteiger partial charge < -0.3 is 14.5 Å². The number of ether oxygens (including phenoxy) is 1. The minimum Gasteiger partial charge on any atom is -0.497 e. The normalized spacial score (nSPS) is 17.7. The first-order chi connectivity index (χ1) is 14.1. The van der Waals surface area contributed by atoms with E-state index in [1.807, 2.05) is 29.2 Å². The van der Waals surface area contributed by atoms with E-state index in [2.05, 4.69) is 4.98 Å². The average Bonchev–Trinajstić information content (AvgIpc) is 3.30. The van der Waals surface area contributed by atoms with E-state index in [1.54, 1.807) is 18.1 Å². The molecule has 2 fully saturated rings. The fourth-order valence-corrected chi connectivity index (χ4v) is 4.46. The summed E-state index contributed by atoms with van der Waals surface area (Å²) in [5.41, 5.74) is 1.22. The molecule has 6 heteroatoms. The van der Waals surface area contributed by atoms with Crippen LogP contribution in [0.5, 0.6) is 5.75 Å². The largest absolute Gasteiger partial charge is 0.497 e. The molecule has 0 atom stereocenters. The Labute approximate surface area is 171 Å². The second kappa shape index (κ2) is 8.80. The molecule has 1 saturated carbocycles. The number of methoxy groups -OCH3 is 1. The standard InChI is InChI=1S/C23H29N3O3/c1-29-19-8-10-20-18(16-19)7-9-21(24-20)23(28)26-14-12-25(13-15-26)22(27)11-6-17-4-2-3-5-17/h7-10,16-17H,2-6,11-15H2,1H3. The van der Waals surface area contributed by atoms with E-state index in [9.17, 15) is 9.59 Å². The molecule has 2 amide bonds. The summed E-state index contributed by atoms with van der Waals surface area (Å²) in [6.45, 7) is 2.35. The van der Waals surface area contributed by atoms with Gasteiger partial charge in [0, 0.05) is 38.0 Å². The number of carbonyl (C=O) groups excluding carboxylic acids is 2. The van der Waals surface area contributed by atoms with Crippen molar-refractivity contribution in [2.75, 3.05) is 33.3 Å². The summed E-state index contributed by atoms with van der Waals surface area (Å²) in [4.78, 5) is 33.6. The van der Waals surface area contributed by atoms with Gasteiger partial charge in [0.25, 0.3) is 5.91 Å². The number of pyridine rings is 1. The summed E-state index contributed by atoms with van der Waals surface area (Å²) in [6.07, 6.45) is 6.85. The van der Waals surface area contributed by atoms with Gasteiger partial charge >= 0.3 is 0 Å². The van der Waals surface area contributed by atoms with Crippen molar-refractivity contribution in [3.8, 4) is 5.75 Å². The van der Waals surface area contributed by atoms with Crippen LogP contribution in [0.3, 0.4) is 0 Å². The van der Waals surface area contributed by atoms with Crippen LogP contribution in [0.4, 0.5) is 0 Å². The van der Waals surface area contributed by atoms with Gasteiger partial charge in [0.15, 0.2) is 0 Å².